The highest BCUT2D eigenvalue weighted by atomic mass is 32.1. The Labute approximate surface area is 276 Å². The average Bonchev–Trinajstić information content (AvgIpc) is 3.52. The summed E-state index contributed by atoms with van der Waals surface area (Å²) in [6.07, 6.45) is 0. The van der Waals surface area contributed by atoms with E-state index >= 15 is 0 Å². The molecular weight excluding hydrogens is 591 g/mol. The molecule has 0 N–H and O–H groups in total. The largest absolute Gasteiger partial charge is 0.246 e. The maximum Gasteiger partial charge on any atom is 0.161 e. The summed E-state index contributed by atoms with van der Waals surface area (Å²) in [7, 11) is 0. The molecule has 9 aromatic rings. The Bertz CT molecular complexity index is 2570. The van der Waals surface area contributed by atoms with E-state index in [9.17, 15) is 0 Å². The Morgan fingerprint density at radius 1 is 0.404 bits per heavy atom. The molecule has 0 bridgehead atoms. The van der Waals surface area contributed by atoms with E-state index in [0.29, 0.717) is 5.82 Å². The van der Waals surface area contributed by atoms with E-state index in [1.165, 1.54) is 25.9 Å². The van der Waals surface area contributed by atoms with Crippen LogP contribution in [0, 0.1) is 0 Å². The molecule has 0 aliphatic carbocycles. The molecule has 3 nitrogen and oxygen atoms in total. The zero-order chi connectivity index (χ0) is 31.2. The van der Waals surface area contributed by atoms with Gasteiger partial charge in [0.05, 0.1) is 27.1 Å². The van der Waals surface area contributed by atoms with Crippen LogP contribution in [0.1, 0.15) is 0 Å². The van der Waals surface area contributed by atoms with Crippen LogP contribution in [0.4, 0.5) is 0 Å². The summed E-state index contributed by atoms with van der Waals surface area (Å²) < 4.78 is 2.40. The summed E-state index contributed by atoms with van der Waals surface area (Å²) in [6, 6.07) is 57.1. The summed E-state index contributed by atoms with van der Waals surface area (Å²) >= 11 is 1.80. The molecule has 0 aliphatic rings. The number of thiophene rings is 1. The van der Waals surface area contributed by atoms with Crippen molar-refractivity contribution < 1.29 is 0 Å². The van der Waals surface area contributed by atoms with Crippen molar-refractivity contribution in [2.24, 2.45) is 0 Å². The van der Waals surface area contributed by atoms with Crippen molar-refractivity contribution in [1.29, 1.82) is 0 Å². The fourth-order valence-corrected chi connectivity index (χ4v) is 7.68. The van der Waals surface area contributed by atoms with Gasteiger partial charge in [0.15, 0.2) is 5.82 Å². The summed E-state index contributed by atoms with van der Waals surface area (Å²) in [6.45, 7) is 0. The highest BCUT2D eigenvalue weighted by molar-refractivity contribution is 7.26. The van der Waals surface area contributed by atoms with Gasteiger partial charge in [0.1, 0.15) is 0 Å². The number of hydrogen-bond acceptors (Lipinski definition) is 4. The minimum atomic E-state index is 0.692. The van der Waals surface area contributed by atoms with E-state index in [0.717, 1.165) is 55.6 Å². The second-order valence-corrected chi connectivity index (χ2v) is 12.7. The zero-order valence-electron chi connectivity index (χ0n) is 25.3. The molecule has 0 unspecified atom stereocenters. The molecule has 0 radical (unpaired) electrons. The molecule has 9 rings (SSSR count). The Kier molecular flexibility index (Phi) is 6.65. The summed E-state index contributed by atoms with van der Waals surface area (Å²) in [4.78, 5) is 15.7. The third kappa shape index (κ3) is 4.87. The second kappa shape index (κ2) is 11.4. The first kappa shape index (κ1) is 27.3. The molecule has 4 heteroatoms. The Morgan fingerprint density at radius 2 is 1.00 bits per heavy atom. The number of nitrogens with zero attached hydrogens (tertiary/aromatic N) is 3. The summed E-state index contributed by atoms with van der Waals surface area (Å²) in [5.74, 6) is 0.692. The van der Waals surface area contributed by atoms with Crippen LogP contribution in [-0.2, 0) is 0 Å². The molecule has 0 fully saturated rings. The molecule has 47 heavy (non-hydrogen) atoms. The predicted octanol–water partition coefficient (Wildman–Crippen LogP) is 11.7. The van der Waals surface area contributed by atoms with Crippen LogP contribution in [0.25, 0.3) is 87.4 Å². The van der Waals surface area contributed by atoms with Crippen molar-refractivity contribution in [3.63, 3.8) is 0 Å². The third-order valence-corrected chi connectivity index (χ3v) is 9.88. The van der Waals surface area contributed by atoms with Gasteiger partial charge in [0, 0.05) is 37.7 Å². The lowest BCUT2D eigenvalue weighted by atomic mass is 9.95. The maximum absolute atomic E-state index is 5.30. The van der Waals surface area contributed by atoms with E-state index in [1.807, 2.05) is 12.1 Å². The number of pyridine rings is 1. The van der Waals surface area contributed by atoms with Gasteiger partial charge in [0.2, 0.25) is 0 Å². The molecule has 0 atom stereocenters. The Morgan fingerprint density at radius 3 is 1.81 bits per heavy atom. The fraction of sp³-hybridized carbons (Fsp3) is 0. The van der Waals surface area contributed by atoms with Gasteiger partial charge in [-0.05, 0) is 41.0 Å². The highest BCUT2D eigenvalue weighted by Gasteiger charge is 2.20. The lowest BCUT2D eigenvalue weighted by molar-refractivity contribution is 1.18. The van der Waals surface area contributed by atoms with Gasteiger partial charge in [-0.1, -0.05) is 140 Å². The normalized spacial score (nSPS) is 11.4. The first-order chi connectivity index (χ1) is 23.3. The predicted molar refractivity (Wildman–Crippen MR) is 197 cm³/mol. The molecule has 0 saturated heterocycles. The van der Waals surface area contributed by atoms with Crippen LogP contribution in [0.2, 0.25) is 0 Å². The molecule has 3 heterocycles. The molecular formula is C43H27N3S. The van der Waals surface area contributed by atoms with Crippen LogP contribution < -0.4 is 0 Å². The van der Waals surface area contributed by atoms with Crippen molar-refractivity contribution in [1.82, 2.24) is 15.0 Å². The van der Waals surface area contributed by atoms with Crippen LogP contribution in [0.3, 0.4) is 0 Å². The number of benzene rings is 6. The van der Waals surface area contributed by atoms with E-state index in [-0.39, 0.29) is 0 Å². The summed E-state index contributed by atoms with van der Waals surface area (Å²) in [5, 5.41) is 2.30. The number of para-hydroxylation sites is 1. The first-order valence-corrected chi connectivity index (χ1v) is 16.5. The zero-order valence-corrected chi connectivity index (χ0v) is 26.2. The first-order valence-electron chi connectivity index (χ1n) is 15.7. The van der Waals surface area contributed by atoms with Crippen molar-refractivity contribution in [3.8, 4) is 56.2 Å². The standard InChI is InChI=1S/C43H27N3S/c1-3-14-28(15-4-1)30-18-13-19-31(26-30)38-27-37(29-16-5-2-6-17-29)45-43(46-38)33-21-8-7-20-32(33)40-34-22-9-11-24-36(34)44-41-35-23-10-12-25-39(35)47-42(40)41/h1-27H. The van der Waals surface area contributed by atoms with Gasteiger partial charge in [-0.2, -0.15) is 0 Å². The van der Waals surface area contributed by atoms with E-state index in [2.05, 4.69) is 152 Å². The van der Waals surface area contributed by atoms with Gasteiger partial charge in [-0.25, -0.2) is 15.0 Å². The van der Waals surface area contributed by atoms with Crippen molar-refractivity contribution in [2.75, 3.05) is 0 Å². The molecule has 3 aromatic heterocycles. The van der Waals surface area contributed by atoms with Crippen molar-refractivity contribution >= 4 is 42.5 Å². The smallest absolute Gasteiger partial charge is 0.161 e. The van der Waals surface area contributed by atoms with Crippen molar-refractivity contribution in [3.05, 3.63) is 164 Å². The van der Waals surface area contributed by atoms with Gasteiger partial charge in [-0.15, -0.1) is 11.3 Å². The maximum atomic E-state index is 5.30. The second-order valence-electron chi connectivity index (χ2n) is 11.6. The lowest BCUT2D eigenvalue weighted by Gasteiger charge is -2.15. The van der Waals surface area contributed by atoms with E-state index in [1.54, 1.807) is 11.3 Å². The monoisotopic (exact) mass is 617 g/mol. The quantitative estimate of drug-likeness (QED) is 0.193. The van der Waals surface area contributed by atoms with Gasteiger partial charge in [-0.3, -0.25) is 0 Å². The Balaban J connectivity index is 1.31. The van der Waals surface area contributed by atoms with Crippen LogP contribution in [0.5, 0.6) is 0 Å². The molecule has 0 saturated carbocycles. The highest BCUT2D eigenvalue weighted by Crippen LogP contribution is 2.45. The fourth-order valence-electron chi connectivity index (χ4n) is 6.46. The van der Waals surface area contributed by atoms with Gasteiger partial charge in [0.25, 0.3) is 0 Å². The molecule has 0 spiro atoms. The lowest BCUT2D eigenvalue weighted by Crippen LogP contribution is -1.98. The van der Waals surface area contributed by atoms with Crippen molar-refractivity contribution in [2.45, 2.75) is 0 Å². The SMILES string of the molecule is c1ccc(-c2cccc(-c3cc(-c4ccccc4)nc(-c4ccccc4-c4c5ccccc5nc5c4sc4ccccc45)n3)c2)cc1. The van der Waals surface area contributed by atoms with Gasteiger partial charge >= 0.3 is 0 Å². The molecule has 6 aromatic carbocycles. The third-order valence-electron chi connectivity index (χ3n) is 8.70. The topological polar surface area (TPSA) is 38.7 Å². The number of hydrogen-bond donors (Lipinski definition) is 0. The van der Waals surface area contributed by atoms with Crippen LogP contribution in [0.15, 0.2) is 164 Å². The Hall–Kier alpha value is -5.97. The minimum Gasteiger partial charge on any atom is -0.246 e. The number of fused-ring (bicyclic) bond motifs is 4. The van der Waals surface area contributed by atoms with E-state index in [4.69, 9.17) is 15.0 Å². The average molecular weight is 618 g/mol. The molecule has 0 aliphatic heterocycles. The number of aromatic nitrogens is 3. The summed E-state index contributed by atoms with van der Waals surface area (Å²) in [5.41, 5.74) is 11.5. The minimum absolute atomic E-state index is 0.692. The van der Waals surface area contributed by atoms with Gasteiger partial charge < -0.3 is 0 Å². The van der Waals surface area contributed by atoms with E-state index < -0.39 is 0 Å². The van der Waals surface area contributed by atoms with Crippen LogP contribution in [-0.4, -0.2) is 15.0 Å². The molecule has 220 valence electrons. The van der Waals surface area contributed by atoms with Crippen LogP contribution >= 0.6 is 11.3 Å². The number of rotatable bonds is 5. The molecule has 0 amide bonds.